The Balaban J connectivity index is 2.68. The first-order valence-electron chi connectivity index (χ1n) is 3.69. The Hall–Kier alpha value is -0.550. The summed E-state index contributed by atoms with van der Waals surface area (Å²) in [6.45, 7) is 0. The number of thioether (sulfide) groups is 1. The first-order chi connectivity index (χ1) is 5.77. The van der Waals surface area contributed by atoms with E-state index in [2.05, 4.69) is 9.97 Å². The van der Waals surface area contributed by atoms with Gasteiger partial charge in [0.2, 0.25) is 0 Å². The zero-order chi connectivity index (χ0) is 8.55. The Morgan fingerprint density at radius 3 is 3.08 bits per heavy atom. The topological polar surface area (TPSA) is 48.6 Å². The van der Waals surface area contributed by atoms with E-state index in [1.54, 1.807) is 11.8 Å². The number of hydrogen-bond acceptors (Lipinski definition) is 3. The van der Waals surface area contributed by atoms with Crippen LogP contribution in [0.2, 0.25) is 0 Å². The van der Waals surface area contributed by atoms with Gasteiger partial charge in [0.05, 0.1) is 0 Å². The van der Waals surface area contributed by atoms with Gasteiger partial charge >= 0.3 is 0 Å². The van der Waals surface area contributed by atoms with Crippen LogP contribution in [-0.4, -0.2) is 15.7 Å². The average molecular weight is 200 g/mol. The lowest BCUT2D eigenvalue weighted by Gasteiger charge is -2.12. The minimum Gasteiger partial charge on any atom is -0.336 e. The molecule has 64 valence electrons. The van der Waals surface area contributed by atoms with Gasteiger partial charge in [0.1, 0.15) is 0 Å². The molecule has 0 fully saturated rings. The number of rotatable bonds is 0. The van der Waals surface area contributed by atoms with Crippen LogP contribution in [0.25, 0.3) is 0 Å². The van der Waals surface area contributed by atoms with Crippen LogP contribution in [-0.2, 0) is 12.2 Å². The smallest absolute Gasteiger partial charge is 0.255 e. The van der Waals surface area contributed by atoms with E-state index in [1.807, 2.05) is 0 Å². The molecule has 1 aliphatic rings. The molecule has 0 saturated carbocycles. The summed E-state index contributed by atoms with van der Waals surface area (Å²) in [6, 6.07) is 0. The fourth-order valence-corrected chi connectivity index (χ4v) is 2.49. The average Bonchev–Trinajstić information content (AvgIpc) is 2.04. The summed E-state index contributed by atoms with van der Waals surface area (Å²) in [5, 5.41) is 0. The summed E-state index contributed by atoms with van der Waals surface area (Å²) in [6.07, 6.45) is 0.924. The second-order valence-electron chi connectivity index (χ2n) is 2.67. The van der Waals surface area contributed by atoms with Gasteiger partial charge in [-0.1, -0.05) is 0 Å². The van der Waals surface area contributed by atoms with Crippen LogP contribution in [0, 0.1) is 4.77 Å². The quantitative estimate of drug-likeness (QED) is 0.619. The zero-order valence-corrected chi connectivity index (χ0v) is 7.98. The van der Waals surface area contributed by atoms with Crippen molar-refractivity contribution in [3.63, 3.8) is 0 Å². The lowest BCUT2D eigenvalue weighted by molar-refractivity contribution is 0.918. The van der Waals surface area contributed by atoms with Gasteiger partial charge in [-0.3, -0.25) is 9.78 Å². The van der Waals surface area contributed by atoms with Crippen LogP contribution in [0.5, 0.6) is 0 Å². The van der Waals surface area contributed by atoms with Crippen LogP contribution >= 0.6 is 24.0 Å². The number of fused-ring (bicyclic) bond motifs is 1. The van der Waals surface area contributed by atoms with E-state index in [1.165, 1.54) is 0 Å². The van der Waals surface area contributed by atoms with Gasteiger partial charge < -0.3 is 4.98 Å². The fourth-order valence-electron chi connectivity index (χ4n) is 1.27. The number of nitrogens with one attached hydrogen (secondary N) is 2. The molecule has 2 heterocycles. The second-order valence-corrected chi connectivity index (χ2v) is 4.18. The predicted octanol–water partition coefficient (Wildman–Crippen LogP) is 1.22. The van der Waals surface area contributed by atoms with E-state index in [0.29, 0.717) is 4.77 Å². The summed E-state index contributed by atoms with van der Waals surface area (Å²) < 4.78 is 0.436. The molecule has 3 nitrogen and oxygen atoms in total. The number of aromatic amines is 2. The minimum absolute atomic E-state index is 0.0269. The van der Waals surface area contributed by atoms with Crippen molar-refractivity contribution in [1.29, 1.82) is 0 Å². The molecular formula is C7H8N2OS2. The first kappa shape index (κ1) is 8.07. The molecule has 0 aliphatic carbocycles. The lowest BCUT2D eigenvalue weighted by Crippen LogP contribution is -2.20. The van der Waals surface area contributed by atoms with Gasteiger partial charge in [-0.15, -0.1) is 0 Å². The normalized spacial score (nSPS) is 15.7. The molecule has 2 rings (SSSR count). The summed E-state index contributed by atoms with van der Waals surface area (Å²) in [5.74, 6) is 1.87. The van der Waals surface area contributed by atoms with Crippen LogP contribution < -0.4 is 5.56 Å². The third-order valence-corrected chi connectivity index (χ3v) is 3.06. The first-order valence-corrected chi connectivity index (χ1v) is 5.26. The number of H-pyrrole nitrogens is 2. The molecule has 1 aliphatic heterocycles. The van der Waals surface area contributed by atoms with Crippen LogP contribution in [0.3, 0.4) is 0 Å². The van der Waals surface area contributed by atoms with E-state index in [9.17, 15) is 4.79 Å². The highest BCUT2D eigenvalue weighted by Gasteiger charge is 2.12. The highest BCUT2D eigenvalue weighted by atomic mass is 32.2. The summed E-state index contributed by atoms with van der Waals surface area (Å²) in [4.78, 5) is 16.9. The number of aryl methyl sites for hydroxylation is 1. The van der Waals surface area contributed by atoms with Gasteiger partial charge in [-0.2, -0.15) is 11.8 Å². The molecule has 5 heteroatoms. The molecule has 0 bridgehead atoms. The molecule has 1 aromatic rings. The Bertz CT molecular complexity index is 407. The van der Waals surface area contributed by atoms with Crippen molar-refractivity contribution in [2.45, 2.75) is 12.2 Å². The monoisotopic (exact) mass is 200 g/mol. The summed E-state index contributed by atoms with van der Waals surface area (Å²) >= 11 is 6.65. The van der Waals surface area contributed by atoms with Gasteiger partial charge in [0.15, 0.2) is 4.77 Å². The van der Waals surface area contributed by atoms with Crippen LogP contribution in [0.15, 0.2) is 4.79 Å². The fraction of sp³-hybridized carbons (Fsp3) is 0.429. The van der Waals surface area contributed by atoms with Crippen molar-refractivity contribution in [3.8, 4) is 0 Å². The van der Waals surface area contributed by atoms with E-state index in [-0.39, 0.29) is 5.56 Å². The summed E-state index contributed by atoms with van der Waals surface area (Å²) in [5.41, 5.74) is 1.85. The van der Waals surface area contributed by atoms with Crippen molar-refractivity contribution in [2.24, 2.45) is 0 Å². The highest BCUT2D eigenvalue weighted by Crippen LogP contribution is 2.19. The molecule has 0 amide bonds. The van der Waals surface area contributed by atoms with E-state index in [0.717, 1.165) is 29.2 Å². The molecule has 0 radical (unpaired) electrons. The zero-order valence-electron chi connectivity index (χ0n) is 6.35. The number of aromatic nitrogens is 2. The molecule has 2 N–H and O–H groups in total. The van der Waals surface area contributed by atoms with Gasteiger partial charge in [-0.25, -0.2) is 0 Å². The predicted molar refractivity (Wildman–Crippen MR) is 52.1 cm³/mol. The van der Waals surface area contributed by atoms with Gasteiger partial charge in [0.25, 0.3) is 5.56 Å². The van der Waals surface area contributed by atoms with E-state index >= 15 is 0 Å². The van der Waals surface area contributed by atoms with Crippen molar-refractivity contribution in [3.05, 3.63) is 26.4 Å². The Morgan fingerprint density at radius 2 is 2.25 bits per heavy atom. The molecule has 0 aromatic carbocycles. The molecule has 1 aromatic heterocycles. The second kappa shape index (κ2) is 3.06. The Labute approximate surface area is 78.6 Å². The van der Waals surface area contributed by atoms with Crippen molar-refractivity contribution < 1.29 is 0 Å². The SMILES string of the molecule is O=c1[nH]c(=S)[nH]c2c1CSCC2. The largest absolute Gasteiger partial charge is 0.336 e. The standard InChI is InChI=1S/C7H8N2OS2/c10-6-4-3-12-2-1-5(4)8-7(11)9-6/h1-3H2,(H2,8,9,10,11). The third kappa shape index (κ3) is 1.34. The molecule has 12 heavy (non-hydrogen) atoms. The van der Waals surface area contributed by atoms with Gasteiger partial charge in [0, 0.05) is 17.0 Å². The van der Waals surface area contributed by atoms with Crippen molar-refractivity contribution in [2.75, 3.05) is 5.75 Å². The van der Waals surface area contributed by atoms with E-state index in [4.69, 9.17) is 12.2 Å². The minimum atomic E-state index is -0.0269. The highest BCUT2D eigenvalue weighted by molar-refractivity contribution is 7.98. The Kier molecular flexibility index (Phi) is 2.06. The molecular weight excluding hydrogens is 192 g/mol. The van der Waals surface area contributed by atoms with E-state index < -0.39 is 0 Å². The molecule has 0 atom stereocenters. The molecule has 0 saturated heterocycles. The maximum absolute atomic E-state index is 11.3. The Morgan fingerprint density at radius 1 is 1.42 bits per heavy atom. The van der Waals surface area contributed by atoms with Gasteiger partial charge in [-0.05, 0) is 24.4 Å². The lowest BCUT2D eigenvalue weighted by atomic mass is 10.2. The maximum atomic E-state index is 11.3. The number of hydrogen-bond donors (Lipinski definition) is 2. The van der Waals surface area contributed by atoms with Crippen LogP contribution in [0.4, 0.5) is 0 Å². The maximum Gasteiger partial charge on any atom is 0.255 e. The van der Waals surface area contributed by atoms with Crippen molar-refractivity contribution in [1.82, 2.24) is 9.97 Å². The third-order valence-electron chi connectivity index (χ3n) is 1.87. The molecule has 0 spiro atoms. The molecule has 0 unspecified atom stereocenters. The summed E-state index contributed by atoms with van der Waals surface area (Å²) in [7, 11) is 0. The van der Waals surface area contributed by atoms with Crippen molar-refractivity contribution >= 4 is 24.0 Å². The van der Waals surface area contributed by atoms with Crippen LogP contribution in [0.1, 0.15) is 11.3 Å².